The van der Waals surface area contributed by atoms with Crippen molar-refractivity contribution in [1.82, 2.24) is 10.6 Å². The third-order valence-corrected chi connectivity index (χ3v) is 4.84. The summed E-state index contributed by atoms with van der Waals surface area (Å²) in [4.78, 5) is 4.34. The predicted molar refractivity (Wildman–Crippen MR) is 88.7 cm³/mol. The molecule has 0 aliphatic heterocycles. The molecule has 3 nitrogen and oxygen atoms in total. The first kappa shape index (κ1) is 14.4. The fourth-order valence-electron chi connectivity index (χ4n) is 2.99. The van der Waals surface area contributed by atoms with E-state index in [1.807, 2.05) is 7.05 Å². The number of hydrogen-bond donors (Lipinski definition) is 2. The summed E-state index contributed by atoms with van der Waals surface area (Å²) in [5.74, 6) is 1.97. The number of guanidine groups is 1. The van der Waals surface area contributed by atoms with Crippen molar-refractivity contribution in [2.45, 2.75) is 43.9 Å². The van der Waals surface area contributed by atoms with Crippen molar-refractivity contribution < 1.29 is 0 Å². The second-order valence-corrected chi connectivity index (χ2v) is 6.58. The van der Waals surface area contributed by atoms with Crippen molar-refractivity contribution >= 4 is 5.96 Å². The van der Waals surface area contributed by atoms with Gasteiger partial charge in [0.05, 0.1) is 0 Å². The number of nitrogens with zero attached hydrogens (tertiary/aromatic N) is 1. The Morgan fingerprint density at radius 1 is 1.19 bits per heavy atom. The summed E-state index contributed by atoms with van der Waals surface area (Å²) in [6.45, 7) is 2.02. The SMILES string of the molecule is CN=C(NCCCC1CC1)NCC1(c2ccccc2)CC1. The van der Waals surface area contributed by atoms with Crippen LogP contribution in [0.4, 0.5) is 0 Å². The first-order valence-corrected chi connectivity index (χ1v) is 8.32. The standard InChI is InChI=1S/C18H27N3/c1-19-17(20-13-5-6-15-9-10-15)21-14-18(11-12-18)16-7-3-2-4-8-16/h2-4,7-8,15H,5-6,9-14H2,1H3,(H2,19,20,21). The van der Waals surface area contributed by atoms with E-state index < -0.39 is 0 Å². The van der Waals surface area contributed by atoms with Crippen LogP contribution in [-0.2, 0) is 5.41 Å². The van der Waals surface area contributed by atoms with E-state index in [4.69, 9.17) is 0 Å². The van der Waals surface area contributed by atoms with E-state index in [2.05, 4.69) is 46.0 Å². The molecule has 0 heterocycles. The van der Waals surface area contributed by atoms with Crippen LogP contribution in [0.5, 0.6) is 0 Å². The van der Waals surface area contributed by atoms with Crippen molar-refractivity contribution in [2.24, 2.45) is 10.9 Å². The zero-order valence-electron chi connectivity index (χ0n) is 13.1. The fourth-order valence-corrected chi connectivity index (χ4v) is 2.99. The Kier molecular flexibility index (Phi) is 4.47. The lowest BCUT2D eigenvalue weighted by Crippen LogP contribution is -2.41. The van der Waals surface area contributed by atoms with E-state index in [1.165, 1.54) is 44.1 Å². The van der Waals surface area contributed by atoms with Crippen LogP contribution in [0.1, 0.15) is 44.1 Å². The molecule has 114 valence electrons. The molecule has 0 aromatic heterocycles. The molecule has 2 aliphatic rings. The lowest BCUT2D eigenvalue weighted by atomic mass is 9.96. The summed E-state index contributed by atoms with van der Waals surface area (Å²) in [5.41, 5.74) is 1.80. The van der Waals surface area contributed by atoms with Gasteiger partial charge in [0.1, 0.15) is 0 Å². The maximum absolute atomic E-state index is 4.34. The number of nitrogens with one attached hydrogen (secondary N) is 2. The molecule has 0 radical (unpaired) electrons. The summed E-state index contributed by atoms with van der Waals surface area (Å²) in [6.07, 6.45) is 8.09. The second kappa shape index (κ2) is 6.50. The largest absolute Gasteiger partial charge is 0.356 e. The molecule has 2 saturated carbocycles. The van der Waals surface area contributed by atoms with Gasteiger partial charge in [-0.15, -0.1) is 0 Å². The average molecular weight is 285 g/mol. The van der Waals surface area contributed by atoms with Gasteiger partial charge in [-0.1, -0.05) is 43.2 Å². The lowest BCUT2D eigenvalue weighted by molar-refractivity contribution is 0.623. The molecule has 0 atom stereocenters. The number of hydrogen-bond acceptors (Lipinski definition) is 1. The summed E-state index contributed by atoms with van der Waals surface area (Å²) >= 11 is 0. The van der Waals surface area contributed by atoms with Gasteiger partial charge in [-0.3, -0.25) is 4.99 Å². The van der Waals surface area contributed by atoms with E-state index in [1.54, 1.807) is 0 Å². The zero-order valence-corrected chi connectivity index (χ0v) is 13.1. The topological polar surface area (TPSA) is 36.4 Å². The number of rotatable bonds is 7. The maximum atomic E-state index is 4.34. The highest BCUT2D eigenvalue weighted by Crippen LogP contribution is 2.47. The van der Waals surface area contributed by atoms with Crippen LogP contribution in [0.3, 0.4) is 0 Å². The van der Waals surface area contributed by atoms with Crippen molar-refractivity contribution in [1.29, 1.82) is 0 Å². The summed E-state index contributed by atoms with van der Waals surface area (Å²) in [5, 5.41) is 6.96. The van der Waals surface area contributed by atoms with Gasteiger partial charge < -0.3 is 10.6 Å². The highest BCUT2D eigenvalue weighted by molar-refractivity contribution is 5.79. The summed E-state index contributed by atoms with van der Waals surface area (Å²) in [6, 6.07) is 10.9. The quantitative estimate of drug-likeness (QED) is 0.459. The van der Waals surface area contributed by atoms with Crippen LogP contribution >= 0.6 is 0 Å². The Labute approximate surface area is 128 Å². The van der Waals surface area contributed by atoms with E-state index in [9.17, 15) is 0 Å². The van der Waals surface area contributed by atoms with E-state index in [-0.39, 0.29) is 0 Å². The van der Waals surface area contributed by atoms with Crippen LogP contribution in [0.25, 0.3) is 0 Å². The molecular formula is C18H27N3. The second-order valence-electron chi connectivity index (χ2n) is 6.58. The molecule has 0 saturated heterocycles. The Morgan fingerprint density at radius 3 is 2.57 bits per heavy atom. The lowest BCUT2D eigenvalue weighted by Gasteiger charge is -2.19. The molecule has 2 N–H and O–H groups in total. The molecule has 21 heavy (non-hydrogen) atoms. The Bertz CT molecular complexity index is 472. The van der Waals surface area contributed by atoms with Crippen molar-refractivity contribution in [3.05, 3.63) is 35.9 Å². The van der Waals surface area contributed by atoms with Gasteiger partial charge in [0.25, 0.3) is 0 Å². The number of aliphatic imine (C=N–C) groups is 1. The van der Waals surface area contributed by atoms with Gasteiger partial charge in [-0.2, -0.15) is 0 Å². The Morgan fingerprint density at radius 2 is 1.95 bits per heavy atom. The van der Waals surface area contributed by atoms with Gasteiger partial charge in [0, 0.05) is 25.6 Å². The Balaban J connectivity index is 1.42. The number of benzene rings is 1. The predicted octanol–water partition coefficient (Wildman–Crippen LogP) is 3.07. The summed E-state index contributed by atoms with van der Waals surface area (Å²) in [7, 11) is 1.86. The van der Waals surface area contributed by atoms with Gasteiger partial charge in [0.15, 0.2) is 5.96 Å². The third-order valence-electron chi connectivity index (χ3n) is 4.84. The minimum atomic E-state index is 0.340. The van der Waals surface area contributed by atoms with Gasteiger partial charge >= 0.3 is 0 Å². The third kappa shape index (κ3) is 3.99. The van der Waals surface area contributed by atoms with Crippen molar-refractivity contribution in [2.75, 3.05) is 20.1 Å². The van der Waals surface area contributed by atoms with Crippen LogP contribution in [0.15, 0.2) is 35.3 Å². The minimum absolute atomic E-state index is 0.340. The van der Waals surface area contributed by atoms with Gasteiger partial charge in [-0.25, -0.2) is 0 Å². The van der Waals surface area contributed by atoms with Gasteiger partial charge in [0.2, 0.25) is 0 Å². The van der Waals surface area contributed by atoms with Crippen molar-refractivity contribution in [3.8, 4) is 0 Å². The minimum Gasteiger partial charge on any atom is -0.356 e. The van der Waals surface area contributed by atoms with Crippen LogP contribution in [-0.4, -0.2) is 26.1 Å². The highest BCUT2D eigenvalue weighted by Gasteiger charge is 2.43. The normalized spacial score (nSPS) is 20.1. The zero-order chi connectivity index (χ0) is 14.5. The molecule has 0 unspecified atom stereocenters. The average Bonchev–Trinajstić information content (AvgIpc) is 3.43. The first-order chi connectivity index (χ1) is 10.3. The molecule has 3 heteroatoms. The Hall–Kier alpha value is -1.51. The van der Waals surface area contributed by atoms with Crippen LogP contribution in [0, 0.1) is 5.92 Å². The molecule has 2 fully saturated rings. The van der Waals surface area contributed by atoms with Crippen molar-refractivity contribution in [3.63, 3.8) is 0 Å². The molecular weight excluding hydrogens is 258 g/mol. The van der Waals surface area contributed by atoms with Crippen LogP contribution < -0.4 is 10.6 Å². The molecule has 3 rings (SSSR count). The molecule has 1 aromatic carbocycles. The van der Waals surface area contributed by atoms with E-state index in [0.717, 1.165) is 25.0 Å². The highest BCUT2D eigenvalue weighted by atomic mass is 15.2. The first-order valence-electron chi connectivity index (χ1n) is 8.32. The molecule has 2 aliphatic carbocycles. The smallest absolute Gasteiger partial charge is 0.191 e. The fraction of sp³-hybridized carbons (Fsp3) is 0.611. The van der Waals surface area contributed by atoms with Crippen LogP contribution in [0.2, 0.25) is 0 Å². The molecule has 0 amide bonds. The van der Waals surface area contributed by atoms with E-state index in [0.29, 0.717) is 5.41 Å². The molecule has 1 aromatic rings. The summed E-state index contributed by atoms with van der Waals surface area (Å²) < 4.78 is 0. The molecule has 0 bridgehead atoms. The monoisotopic (exact) mass is 285 g/mol. The maximum Gasteiger partial charge on any atom is 0.191 e. The molecule has 0 spiro atoms. The van der Waals surface area contributed by atoms with E-state index >= 15 is 0 Å². The van der Waals surface area contributed by atoms with Gasteiger partial charge in [-0.05, 0) is 37.2 Å².